The van der Waals surface area contributed by atoms with E-state index < -0.39 is 5.03 Å². The lowest BCUT2D eigenvalue weighted by Gasteiger charge is -2.08. The summed E-state index contributed by atoms with van der Waals surface area (Å²) in [6, 6.07) is 0. The van der Waals surface area contributed by atoms with Crippen LogP contribution in [0.3, 0.4) is 0 Å². The van der Waals surface area contributed by atoms with Gasteiger partial charge in [-0.05, 0) is 12.2 Å². The molecule has 0 unspecified atom stereocenters. The molecule has 47 valence electrons. The molecule has 5 nitrogen and oxygen atoms in total. The van der Waals surface area contributed by atoms with Crippen LogP contribution < -0.4 is 5.43 Å². The van der Waals surface area contributed by atoms with Gasteiger partial charge in [-0.3, -0.25) is 0 Å². The topological polar surface area (TPSA) is 58.4 Å². The zero-order valence-corrected chi connectivity index (χ0v) is 4.44. The van der Waals surface area contributed by atoms with Crippen LogP contribution >= 0.6 is 0 Å². The van der Waals surface area contributed by atoms with Crippen molar-refractivity contribution >= 4 is 0 Å². The van der Waals surface area contributed by atoms with Crippen LogP contribution in [0.25, 0.3) is 0 Å². The Hall–Kier alpha value is -1.52. The van der Waals surface area contributed by atoms with Crippen LogP contribution in [-0.2, 0) is 0 Å². The lowest BCUT2D eigenvalue weighted by molar-refractivity contribution is -0.655. The van der Waals surface area contributed by atoms with E-state index in [0.717, 1.165) is 0 Å². The average molecular weight is 126 g/mol. The molecule has 0 bridgehead atoms. The lowest BCUT2D eigenvalue weighted by atomic mass is 10.5. The highest BCUT2D eigenvalue weighted by molar-refractivity contribution is 4.99. The first-order valence-electron chi connectivity index (χ1n) is 2.26. The van der Waals surface area contributed by atoms with Gasteiger partial charge in [0.25, 0.3) is 0 Å². The molecule has 0 atom stereocenters. The van der Waals surface area contributed by atoms with E-state index in [1.54, 1.807) is 6.08 Å². The van der Waals surface area contributed by atoms with Crippen LogP contribution in [0.2, 0.25) is 0 Å². The van der Waals surface area contributed by atoms with Crippen molar-refractivity contribution in [1.29, 1.82) is 0 Å². The third-order valence-corrected chi connectivity index (χ3v) is 0.749. The highest BCUT2D eigenvalue weighted by Gasteiger charge is 2.08. The fourth-order valence-corrected chi connectivity index (χ4v) is 0.407. The van der Waals surface area contributed by atoms with Gasteiger partial charge in [-0.25, -0.2) is 15.5 Å². The highest BCUT2D eigenvalue weighted by Crippen LogP contribution is 1.89. The third-order valence-electron chi connectivity index (χ3n) is 0.749. The molecular weight excluding hydrogens is 122 g/mol. The minimum atomic E-state index is -0.611. The van der Waals surface area contributed by atoms with Gasteiger partial charge in [0.2, 0.25) is 0 Å². The molecule has 0 saturated carbocycles. The van der Waals surface area contributed by atoms with Crippen molar-refractivity contribution in [2.24, 2.45) is 0 Å². The second-order valence-electron chi connectivity index (χ2n) is 1.33. The number of hydrogen-bond donors (Lipinski definition) is 1. The van der Waals surface area contributed by atoms with Crippen LogP contribution in [0.1, 0.15) is 0 Å². The van der Waals surface area contributed by atoms with Crippen LogP contribution in [0.15, 0.2) is 18.4 Å². The quantitative estimate of drug-likeness (QED) is 0.391. The molecule has 0 amide bonds. The molecule has 0 spiro atoms. The minimum Gasteiger partial charge on any atom is -0.248 e. The number of nitro groups is 1. The second kappa shape index (κ2) is 2.17. The van der Waals surface area contributed by atoms with E-state index in [1.165, 1.54) is 12.3 Å². The molecule has 0 aromatic carbocycles. The molecule has 1 rings (SSSR count). The van der Waals surface area contributed by atoms with Gasteiger partial charge in [0, 0.05) is 11.3 Å². The molecule has 1 aliphatic rings. The SMILES string of the molecule is O=[N+]([O-])N1[C]=CC=CN1. The number of hydrazine groups is 2. The van der Waals surface area contributed by atoms with Gasteiger partial charge in [-0.1, -0.05) is 0 Å². The molecule has 5 heteroatoms. The Balaban J connectivity index is 2.56. The monoisotopic (exact) mass is 126 g/mol. The summed E-state index contributed by atoms with van der Waals surface area (Å²) in [6.45, 7) is 0. The van der Waals surface area contributed by atoms with Gasteiger partial charge in [-0.2, -0.15) is 0 Å². The Morgan fingerprint density at radius 1 is 1.78 bits per heavy atom. The van der Waals surface area contributed by atoms with E-state index in [9.17, 15) is 10.1 Å². The number of hydrogen-bond acceptors (Lipinski definition) is 3. The Morgan fingerprint density at radius 2 is 2.56 bits per heavy atom. The molecule has 0 aromatic rings. The maximum absolute atomic E-state index is 9.91. The Bertz CT molecular complexity index is 175. The first-order valence-corrected chi connectivity index (χ1v) is 2.26. The lowest BCUT2D eigenvalue weighted by Crippen LogP contribution is -2.35. The third kappa shape index (κ3) is 1.18. The molecule has 9 heavy (non-hydrogen) atoms. The molecule has 0 fully saturated rings. The Labute approximate surface area is 51.4 Å². The van der Waals surface area contributed by atoms with Crippen LogP contribution in [-0.4, -0.2) is 10.2 Å². The summed E-state index contributed by atoms with van der Waals surface area (Å²) in [6.07, 6.45) is 6.83. The summed E-state index contributed by atoms with van der Waals surface area (Å²) < 4.78 is 0. The largest absolute Gasteiger partial charge is 0.248 e. The van der Waals surface area contributed by atoms with E-state index in [1.807, 2.05) is 0 Å². The maximum atomic E-state index is 9.91. The maximum Gasteiger partial charge on any atom is 0.186 e. The van der Waals surface area contributed by atoms with Crippen LogP contribution in [0, 0.1) is 16.3 Å². The number of allylic oxidation sites excluding steroid dienone is 2. The molecule has 0 aromatic heterocycles. The van der Waals surface area contributed by atoms with Gasteiger partial charge in [0.1, 0.15) is 0 Å². The zero-order valence-electron chi connectivity index (χ0n) is 4.44. The number of nitrogens with zero attached hydrogens (tertiary/aromatic N) is 2. The first-order chi connectivity index (χ1) is 4.30. The predicted octanol–water partition coefficient (Wildman–Crippen LogP) is -0.171. The second-order valence-corrected chi connectivity index (χ2v) is 1.33. The molecule has 1 heterocycles. The van der Waals surface area contributed by atoms with E-state index in [-0.39, 0.29) is 0 Å². The summed E-state index contributed by atoms with van der Waals surface area (Å²) in [4.78, 5) is 9.91. The Kier molecular flexibility index (Phi) is 1.35. The molecule has 0 aliphatic carbocycles. The fraction of sp³-hybridized carbons (Fsp3) is 0. The van der Waals surface area contributed by atoms with E-state index >= 15 is 0 Å². The van der Waals surface area contributed by atoms with Gasteiger partial charge in [0.05, 0.1) is 0 Å². The molecule has 1 aliphatic heterocycles. The highest BCUT2D eigenvalue weighted by atomic mass is 16.7. The summed E-state index contributed by atoms with van der Waals surface area (Å²) >= 11 is 0. The summed E-state index contributed by atoms with van der Waals surface area (Å²) in [5.74, 6) is 0. The van der Waals surface area contributed by atoms with Crippen LogP contribution in [0.5, 0.6) is 0 Å². The van der Waals surface area contributed by atoms with Crippen molar-refractivity contribution in [2.75, 3.05) is 0 Å². The average Bonchev–Trinajstić information content (AvgIpc) is 1.90. The first kappa shape index (κ1) is 5.61. The minimum absolute atomic E-state index is 0.611. The predicted molar refractivity (Wildman–Crippen MR) is 28.9 cm³/mol. The summed E-state index contributed by atoms with van der Waals surface area (Å²) in [7, 11) is 0. The van der Waals surface area contributed by atoms with E-state index in [0.29, 0.717) is 5.12 Å². The standard InChI is InChI=1S/C4H4N3O2/c8-7(9)6-4-2-1-3-5-6/h1-3,5H. The van der Waals surface area contributed by atoms with Gasteiger partial charge in [0.15, 0.2) is 11.2 Å². The molecular formula is C4H4N3O2. The van der Waals surface area contributed by atoms with Crippen molar-refractivity contribution in [2.45, 2.75) is 0 Å². The molecule has 1 radical (unpaired) electrons. The van der Waals surface area contributed by atoms with Crippen molar-refractivity contribution < 1.29 is 5.03 Å². The van der Waals surface area contributed by atoms with Gasteiger partial charge in [-0.15, -0.1) is 0 Å². The van der Waals surface area contributed by atoms with Crippen molar-refractivity contribution in [3.8, 4) is 0 Å². The molecule has 1 N–H and O–H groups in total. The van der Waals surface area contributed by atoms with E-state index in [4.69, 9.17) is 0 Å². The normalized spacial score (nSPS) is 15.3. The summed E-state index contributed by atoms with van der Waals surface area (Å²) in [5, 5.41) is 9.93. The van der Waals surface area contributed by atoms with Crippen molar-refractivity contribution in [1.82, 2.24) is 10.5 Å². The zero-order chi connectivity index (χ0) is 6.69. The molecule has 0 saturated heterocycles. The smallest absolute Gasteiger partial charge is 0.186 e. The number of nitrogens with one attached hydrogen (secondary N) is 1. The Morgan fingerprint density at radius 3 is 2.89 bits per heavy atom. The number of rotatable bonds is 1. The fourth-order valence-electron chi connectivity index (χ4n) is 0.407. The van der Waals surface area contributed by atoms with Gasteiger partial charge >= 0.3 is 0 Å². The van der Waals surface area contributed by atoms with Crippen molar-refractivity contribution in [3.63, 3.8) is 0 Å². The van der Waals surface area contributed by atoms with E-state index in [2.05, 4.69) is 11.6 Å². The summed E-state index contributed by atoms with van der Waals surface area (Å²) in [5.41, 5.74) is 2.33. The van der Waals surface area contributed by atoms with Gasteiger partial charge < -0.3 is 0 Å². The van der Waals surface area contributed by atoms with Crippen LogP contribution in [0.4, 0.5) is 0 Å². The van der Waals surface area contributed by atoms with Crippen molar-refractivity contribution in [3.05, 3.63) is 34.7 Å².